The van der Waals surface area contributed by atoms with Crippen molar-refractivity contribution < 1.29 is 4.79 Å². The minimum atomic E-state index is -0.542. The highest BCUT2D eigenvalue weighted by Gasteiger charge is 2.21. The SMILES string of the molecule is Cl.Cl.N[C@@H](Cc1cn(Cc2ccccc2)cn1)C(=O)NC1CCSCC1. The third-order valence-electron chi connectivity index (χ3n) is 4.23. The van der Waals surface area contributed by atoms with Crippen LogP contribution in [0.5, 0.6) is 0 Å². The lowest BCUT2D eigenvalue weighted by molar-refractivity contribution is -0.123. The van der Waals surface area contributed by atoms with Gasteiger partial charge in [-0.2, -0.15) is 11.8 Å². The number of rotatable bonds is 6. The third-order valence-corrected chi connectivity index (χ3v) is 5.28. The monoisotopic (exact) mass is 416 g/mol. The van der Waals surface area contributed by atoms with Gasteiger partial charge in [-0.25, -0.2) is 4.98 Å². The van der Waals surface area contributed by atoms with Crippen LogP contribution in [0.3, 0.4) is 0 Å². The van der Waals surface area contributed by atoms with Gasteiger partial charge < -0.3 is 15.6 Å². The van der Waals surface area contributed by atoms with Gasteiger partial charge >= 0.3 is 0 Å². The molecule has 2 heterocycles. The van der Waals surface area contributed by atoms with Crippen LogP contribution in [-0.2, 0) is 17.8 Å². The number of imidazole rings is 1. The summed E-state index contributed by atoms with van der Waals surface area (Å²) in [4.78, 5) is 16.6. The predicted molar refractivity (Wildman–Crippen MR) is 112 cm³/mol. The molecule has 3 rings (SSSR count). The average molecular weight is 417 g/mol. The van der Waals surface area contributed by atoms with Gasteiger partial charge in [-0.1, -0.05) is 30.3 Å². The number of benzene rings is 1. The smallest absolute Gasteiger partial charge is 0.237 e. The van der Waals surface area contributed by atoms with Crippen molar-refractivity contribution in [2.45, 2.75) is 37.9 Å². The summed E-state index contributed by atoms with van der Waals surface area (Å²) in [5, 5.41) is 3.07. The second-order valence-corrected chi connectivity index (χ2v) is 7.45. The summed E-state index contributed by atoms with van der Waals surface area (Å²) in [6.45, 7) is 0.773. The van der Waals surface area contributed by atoms with E-state index in [2.05, 4.69) is 22.4 Å². The number of thioether (sulfide) groups is 1. The second-order valence-electron chi connectivity index (χ2n) is 6.23. The summed E-state index contributed by atoms with van der Waals surface area (Å²) in [7, 11) is 0. The van der Waals surface area contributed by atoms with Crippen molar-refractivity contribution >= 4 is 42.5 Å². The van der Waals surface area contributed by atoms with Crippen LogP contribution in [0, 0.1) is 0 Å². The standard InChI is InChI=1S/C18H24N4OS.2ClH/c19-17(18(23)21-15-6-8-24-9-7-15)10-16-12-22(13-20-16)11-14-4-2-1-3-5-14;;/h1-5,12-13,15,17H,6-11,19H2,(H,21,23);2*1H/t17-;;/m0../s1. The number of amides is 1. The number of hydrogen-bond donors (Lipinski definition) is 2. The lowest BCUT2D eigenvalue weighted by Gasteiger charge is -2.24. The van der Waals surface area contributed by atoms with E-state index in [1.165, 1.54) is 5.56 Å². The molecule has 0 unspecified atom stereocenters. The zero-order valence-corrected chi connectivity index (χ0v) is 17.0. The number of hydrogen-bond acceptors (Lipinski definition) is 4. The highest BCUT2D eigenvalue weighted by molar-refractivity contribution is 7.99. The van der Waals surface area contributed by atoms with E-state index in [9.17, 15) is 4.79 Å². The molecule has 144 valence electrons. The van der Waals surface area contributed by atoms with E-state index >= 15 is 0 Å². The molecule has 0 radical (unpaired) electrons. The maximum absolute atomic E-state index is 12.2. The molecule has 5 nitrogen and oxygen atoms in total. The fraction of sp³-hybridized carbons (Fsp3) is 0.444. The van der Waals surface area contributed by atoms with Crippen LogP contribution in [0.25, 0.3) is 0 Å². The fourth-order valence-corrected chi connectivity index (χ4v) is 3.97. The lowest BCUT2D eigenvalue weighted by Crippen LogP contribution is -2.47. The molecule has 3 N–H and O–H groups in total. The average Bonchev–Trinajstić information content (AvgIpc) is 3.03. The van der Waals surface area contributed by atoms with E-state index < -0.39 is 6.04 Å². The largest absolute Gasteiger partial charge is 0.352 e. The first-order chi connectivity index (χ1) is 11.7. The molecule has 8 heteroatoms. The Bertz CT molecular complexity index is 662. The van der Waals surface area contributed by atoms with Crippen LogP contribution in [0.15, 0.2) is 42.9 Å². The quantitative estimate of drug-likeness (QED) is 0.758. The zero-order valence-electron chi connectivity index (χ0n) is 14.5. The molecule has 1 aliphatic rings. The van der Waals surface area contributed by atoms with Crippen molar-refractivity contribution in [1.29, 1.82) is 0 Å². The van der Waals surface area contributed by atoms with Gasteiger partial charge in [-0.15, -0.1) is 24.8 Å². The Morgan fingerprint density at radius 2 is 1.96 bits per heavy atom. The summed E-state index contributed by atoms with van der Waals surface area (Å²) in [5.74, 6) is 2.17. The Labute approximate surface area is 171 Å². The molecule has 1 amide bonds. The number of aromatic nitrogens is 2. The molecule has 1 atom stereocenters. The minimum absolute atomic E-state index is 0. The van der Waals surface area contributed by atoms with Gasteiger partial charge in [0.1, 0.15) is 0 Å². The molecule has 1 aromatic heterocycles. The molecular weight excluding hydrogens is 391 g/mol. The topological polar surface area (TPSA) is 72.9 Å². The molecule has 0 saturated carbocycles. The van der Waals surface area contributed by atoms with Crippen LogP contribution in [0.4, 0.5) is 0 Å². The molecular formula is C18H26Cl2N4OS. The Morgan fingerprint density at radius 1 is 1.27 bits per heavy atom. The number of nitrogens with two attached hydrogens (primary N) is 1. The molecule has 1 aliphatic heterocycles. The van der Waals surface area contributed by atoms with Crippen molar-refractivity contribution in [2.24, 2.45) is 5.73 Å². The van der Waals surface area contributed by atoms with Crippen LogP contribution in [-0.4, -0.2) is 39.0 Å². The lowest BCUT2D eigenvalue weighted by atomic mass is 10.1. The van der Waals surface area contributed by atoms with Crippen LogP contribution in [0.1, 0.15) is 24.1 Å². The van der Waals surface area contributed by atoms with E-state index in [-0.39, 0.29) is 36.8 Å². The van der Waals surface area contributed by atoms with E-state index in [0.717, 1.165) is 36.6 Å². The van der Waals surface area contributed by atoms with Crippen molar-refractivity contribution in [3.8, 4) is 0 Å². The summed E-state index contributed by atoms with van der Waals surface area (Å²) >= 11 is 1.94. The summed E-state index contributed by atoms with van der Waals surface area (Å²) in [6.07, 6.45) is 6.31. The van der Waals surface area contributed by atoms with Crippen molar-refractivity contribution in [1.82, 2.24) is 14.9 Å². The number of nitrogens with zero attached hydrogens (tertiary/aromatic N) is 2. The first-order valence-electron chi connectivity index (χ1n) is 8.39. The number of halogens is 2. The van der Waals surface area contributed by atoms with E-state index in [1.54, 1.807) is 6.33 Å². The molecule has 26 heavy (non-hydrogen) atoms. The Balaban J connectivity index is 0.00000169. The molecule has 1 fully saturated rings. The maximum atomic E-state index is 12.2. The minimum Gasteiger partial charge on any atom is -0.352 e. The van der Waals surface area contributed by atoms with Gasteiger partial charge in [0.15, 0.2) is 0 Å². The maximum Gasteiger partial charge on any atom is 0.237 e. The number of carbonyl (C=O) groups is 1. The van der Waals surface area contributed by atoms with Crippen molar-refractivity contribution in [3.63, 3.8) is 0 Å². The predicted octanol–water partition coefficient (Wildman–Crippen LogP) is 2.66. The van der Waals surface area contributed by atoms with Crippen LogP contribution >= 0.6 is 36.6 Å². The van der Waals surface area contributed by atoms with E-state index in [0.29, 0.717) is 6.42 Å². The van der Waals surface area contributed by atoms with E-state index in [4.69, 9.17) is 5.73 Å². The molecule has 2 aromatic rings. The fourth-order valence-electron chi connectivity index (χ4n) is 2.86. The second kappa shape index (κ2) is 11.5. The van der Waals surface area contributed by atoms with Crippen molar-refractivity contribution in [2.75, 3.05) is 11.5 Å². The molecule has 0 aliphatic carbocycles. The Kier molecular flexibility index (Phi) is 10.1. The Hall–Kier alpha value is -1.21. The first-order valence-corrected chi connectivity index (χ1v) is 9.54. The highest BCUT2D eigenvalue weighted by Crippen LogP contribution is 2.17. The third kappa shape index (κ3) is 6.83. The number of carbonyl (C=O) groups excluding carboxylic acids is 1. The first kappa shape index (κ1) is 22.8. The van der Waals surface area contributed by atoms with Crippen LogP contribution in [0.2, 0.25) is 0 Å². The summed E-state index contributed by atoms with van der Waals surface area (Å²) in [5.41, 5.74) is 8.14. The Morgan fingerprint density at radius 3 is 2.65 bits per heavy atom. The highest BCUT2D eigenvalue weighted by atomic mass is 35.5. The zero-order chi connectivity index (χ0) is 16.8. The van der Waals surface area contributed by atoms with Crippen LogP contribution < -0.4 is 11.1 Å². The van der Waals surface area contributed by atoms with Gasteiger partial charge in [-0.3, -0.25) is 4.79 Å². The summed E-state index contributed by atoms with van der Waals surface area (Å²) < 4.78 is 2.02. The van der Waals surface area contributed by atoms with Gasteiger partial charge in [0.25, 0.3) is 0 Å². The molecule has 0 spiro atoms. The molecule has 1 aromatic carbocycles. The van der Waals surface area contributed by atoms with Gasteiger partial charge in [0.2, 0.25) is 5.91 Å². The molecule has 1 saturated heterocycles. The number of nitrogens with one attached hydrogen (secondary N) is 1. The van der Waals surface area contributed by atoms with Gasteiger partial charge in [0, 0.05) is 25.2 Å². The molecule has 0 bridgehead atoms. The van der Waals surface area contributed by atoms with Gasteiger partial charge in [-0.05, 0) is 29.9 Å². The summed E-state index contributed by atoms with van der Waals surface area (Å²) in [6, 6.07) is 9.96. The van der Waals surface area contributed by atoms with Gasteiger partial charge in [0.05, 0.1) is 18.1 Å². The normalized spacial score (nSPS) is 15.4. The van der Waals surface area contributed by atoms with Crippen molar-refractivity contribution in [3.05, 3.63) is 54.1 Å². The van der Waals surface area contributed by atoms with E-state index in [1.807, 2.05) is 40.7 Å².